The molecule has 4 aromatic carbocycles. The number of nitrogens with two attached hydrogens (primary N) is 1. The predicted octanol–water partition coefficient (Wildman–Crippen LogP) is 7.18. The molecule has 13 nitrogen and oxygen atoms in total. The third-order valence-electron chi connectivity index (χ3n) is 8.89. The average Bonchev–Trinajstić information content (AvgIpc) is 3.24. The lowest BCUT2D eigenvalue weighted by Crippen LogP contribution is -2.37. The Morgan fingerprint density at radius 1 is 0.810 bits per heavy atom. The monoisotopic (exact) mass is 809 g/mol. The summed E-state index contributed by atoms with van der Waals surface area (Å²) in [5.41, 5.74) is 9.32. The summed E-state index contributed by atoms with van der Waals surface area (Å²) < 4.78 is 46.8. The van der Waals surface area contributed by atoms with E-state index >= 15 is 0 Å². The molecule has 0 saturated carbocycles. The average molecular weight is 810 g/mol. The van der Waals surface area contributed by atoms with Gasteiger partial charge in [-0.15, -0.1) is 6.42 Å². The number of nitrogens with one attached hydrogen (secondary N) is 1. The number of hydrogen-bond acceptors (Lipinski definition) is 13. The van der Waals surface area contributed by atoms with Crippen molar-refractivity contribution in [2.24, 2.45) is 0 Å². The predicted molar refractivity (Wildman–Crippen MR) is 224 cm³/mol. The van der Waals surface area contributed by atoms with E-state index in [-0.39, 0.29) is 5.02 Å². The van der Waals surface area contributed by atoms with Gasteiger partial charge in [0.1, 0.15) is 30.7 Å². The molecule has 15 heteroatoms. The van der Waals surface area contributed by atoms with Gasteiger partial charge in [-0.3, -0.25) is 4.90 Å². The van der Waals surface area contributed by atoms with Crippen LogP contribution in [0.1, 0.15) is 12.0 Å². The van der Waals surface area contributed by atoms with Crippen LogP contribution in [-0.4, -0.2) is 105 Å². The van der Waals surface area contributed by atoms with Gasteiger partial charge in [-0.1, -0.05) is 41.8 Å². The van der Waals surface area contributed by atoms with Gasteiger partial charge in [-0.25, -0.2) is 14.4 Å². The van der Waals surface area contributed by atoms with Crippen LogP contribution in [0.5, 0.6) is 17.5 Å². The number of nitrogens with zero attached hydrogens (tertiary/aromatic N) is 5. The Hall–Kier alpha value is -5.82. The summed E-state index contributed by atoms with van der Waals surface area (Å²) in [5, 5.41) is 4.74. The minimum Gasteiger partial charge on any atom is -0.487 e. The van der Waals surface area contributed by atoms with Crippen LogP contribution in [0.3, 0.4) is 0 Å². The summed E-state index contributed by atoms with van der Waals surface area (Å²) in [5.74, 6) is 4.47. The van der Waals surface area contributed by atoms with Crippen molar-refractivity contribution in [2.45, 2.75) is 6.42 Å². The Labute approximate surface area is 341 Å². The topological polar surface area (TPSA) is 148 Å². The Bertz CT molecular complexity index is 2340. The second-order valence-corrected chi connectivity index (χ2v) is 13.3. The van der Waals surface area contributed by atoms with E-state index in [1.165, 1.54) is 12.1 Å². The maximum atomic E-state index is 13.8. The summed E-state index contributed by atoms with van der Waals surface area (Å²) >= 11 is 6.01. The maximum absolute atomic E-state index is 13.8. The summed E-state index contributed by atoms with van der Waals surface area (Å²) in [7, 11) is 3.20. The molecular formula is C43H45ClFN7O6. The van der Waals surface area contributed by atoms with E-state index in [4.69, 9.17) is 62.1 Å². The zero-order valence-corrected chi connectivity index (χ0v) is 33.1. The lowest BCUT2D eigenvalue weighted by atomic mass is 10.1. The number of benzene rings is 4. The van der Waals surface area contributed by atoms with E-state index in [1.54, 1.807) is 32.4 Å². The van der Waals surface area contributed by atoms with Gasteiger partial charge in [-0.2, -0.15) is 9.97 Å². The highest BCUT2D eigenvalue weighted by Crippen LogP contribution is 2.37. The summed E-state index contributed by atoms with van der Waals surface area (Å²) in [4.78, 5) is 20.5. The van der Waals surface area contributed by atoms with Crippen molar-refractivity contribution in [2.75, 3.05) is 91.2 Å². The second kappa shape index (κ2) is 21.1. The number of methoxy groups -OCH3 is 2. The Morgan fingerprint density at radius 3 is 2.31 bits per heavy atom. The molecule has 58 heavy (non-hydrogen) atoms. The highest BCUT2D eigenvalue weighted by Gasteiger charge is 2.17. The Morgan fingerprint density at radius 2 is 1.57 bits per heavy atom. The Balaban J connectivity index is 0.000000227. The first-order valence-electron chi connectivity index (χ1n) is 18.7. The molecule has 0 atom stereocenters. The molecule has 6 aromatic rings. The highest BCUT2D eigenvalue weighted by atomic mass is 35.5. The van der Waals surface area contributed by atoms with Crippen molar-refractivity contribution < 1.29 is 32.8 Å². The zero-order valence-electron chi connectivity index (χ0n) is 32.4. The van der Waals surface area contributed by atoms with Crippen molar-refractivity contribution in [1.82, 2.24) is 24.8 Å². The first-order chi connectivity index (χ1) is 28.3. The van der Waals surface area contributed by atoms with Gasteiger partial charge in [-0.05, 0) is 55.0 Å². The molecular weight excluding hydrogens is 765 g/mol. The maximum Gasteiger partial charge on any atom is 0.318 e. The molecule has 1 fully saturated rings. The number of morpholine rings is 1. The van der Waals surface area contributed by atoms with E-state index in [0.717, 1.165) is 55.7 Å². The number of halogens is 2. The molecule has 302 valence electrons. The molecule has 1 aliphatic heterocycles. The van der Waals surface area contributed by atoms with Crippen molar-refractivity contribution in [3.63, 3.8) is 0 Å². The number of anilines is 3. The molecule has 0 spiro atoms. The molecule has 0 bridgehead atoms. The molecule has 2 aromatic heterocycles. The molecule has 0 radical (unpaired) electrons. The van der Waals surface area contributed by atoms with Gasteiger partial charge < -0.3 is 39.5 Å². The van der Waals surface area contributed by atoms with Gasteiger partial charge in [0.05, 0.1) is 49.1 Å². The fourth-order valence-corrected chi connectivity index (χ4v) is 6.12. The van der Waals surface area contributed by atoms with Crippen LogP contribution in [0.2, 0.25) is 5.02 Å². The third-order valence-corrected chi connectivity index (χ3v) is 9.18. The van der Waals surface area contributed by atoms with E-state index in [0.29, 0.717) is 90.2 Å². The molecule has 0 unspecified atom stereocenters. The van der Waals surface area contributed by atoms with E-state index in [9.17, 15) is 4.39 Å². The van der Waals surface area contributed by atoms with Gasteiger partial charge in [0.15, 0.2) is 17.3 Å². The van der Waals surface area contributed by atoms with Crippen molar-refractivity contribution in [1.29, 1.82) is 0 Å². The van der Waals surface area contributed by atoms with E-state index in [2.05, 4.69) is 26.1 Å². The van der Waals surface area contributed by atoms with Gasteiger partial charge in [0, 0.05) is 67.5 Å². The van der Waals surface area contributed by atoms with Crippen LogP contribution in [0, 0.1) is 18.2 Å². The van der Waals surface area contributed by atoms with E-state index < -0.39 is 5.82 Å². The molecule has 3 heterocycles. The smallest absolute Gasteiger partial charge is 0.318 e. The first kappa shape index (κ1) is 41.8. The quantitative estimate of drug-likeness (QED) is 0.0752. The standard InChI is InChI=1S/C28H25ClFN3O4.C15H20N4O2/c1-4-18-6-5-7-19(14-18)27-32-24-17-26(37-13-11-35-3)25(36-12-10-34-2)16-21(24)28(33-27)31-20-8-9-23(30)22(29)15-20;16-14-12-4-1-2-5-13(12)17-15(18-14)21-9-3-6-19-7-10-20-11-8-19/h1,5-9,14-17H,10-13H2,2-3H3,(H,31,32,33);1-2,4-5H,3,6-11H2,(H2,16,17,18). The largest absolute Gasteiger partial charge is 0.487 e. The molecule has 7 rings (SSSR count). The number of hydrogen-bond donors (Lipinski definition) is 2. The van der Waals surface area contributed by atoms with Gasteiger partial charge in [0.2, 0.25) is 0 Å². The normalized spacial score (nSPS) is 12.7. The van der Waals surface area contributed by atoms with Crippen LogP contribution < -0.4 is 25.3 Å². The van der Waals surface area contributed by atoms with Gasteiger partial charge in [0.25, 0.3) is 0 Å². The minimum atomic E-state index is -0.516. The molecule has 1 aliphatic rings. The van der Waals surface area contributed by atoms with Gasteiger partial charge >= 0.3 is 6.01 Å². The van der Waals surface area contributed by atoms with Crippen molar-refractivity contribution in [3.05, 3.63) is 95.3 Å². The number of rotatable bonds is 16. The number of fused-ring (bicyclic) bond motifs is 2. The van der Waals surface area contributed by atoms with E-state index in [1.807, 2.05) is 48.5 Å². The lowest BCUT2D eigenvalue weighted by molar-refractivity contribution is 0.0356. The van der Waals surface area contributed by atoms with Crippen LogP contribution in [0.25, 0.3) is 33.2 Å². The lowest BCUT2D eigenvalue weighted by Gasteiger charge is -2.26. The zero-order chi connectivity index (χ0) is 40.7. The first-order valence-corrected chi connectivity index (χ1v) is 19.1. The minimum absolute atomic E-state index is 0.0114. The fourth-order valence-electron chi connectivity index (χ4n) is 5.94. The number of nitrogen functional groups attached to an aromatic ring is 1. The number of ether oxygens (including phenoxy) is 6. The molecule has 1 saturated heterocycles. The van der Waals surface area contributed by atoms with Crippen LogP contribution >= 0.6 is 11.6 Å². The van der Waals surface area contributed by atoms with Crippen molar-refractivity contribution >= 4 is 50.7 Å². The molecule has 0 aliphatic carbocycles. The molecule has 0 amide bonds. The SMILES string of the molecule is C#Cc1cccc(-c2nc(Nc3ccc(F)c(Cl)c3)c3cc(OCCOC)c(OCCOC)cc3n2)c1.Nc1nc(OCCCN2CCOCC2)nc2ccccc12. The summed E-state index contributed by atoms with van der Waals surface area (Å²) in [6.45, 7) is 6.69. The third kappa shape index (κ3) is 11.4. The summed E-state index contributed by atoms with van der Waals surface area (Å²) in [6, 6.07) is 23.3. The summed E-state index contributed by atoms with van der Waals surface area (Å²) in [6.07, 6.45) is 6.53. The number of terminal acetylenes is 1. The number of aromatic nitrogens is 4. The molecule has 3 N–H and O–H groups in total. The Kier molecular flexibility index (Phi) is 15.2. The van der Waals surface area contributed by atoms with Crippen molar-refractivity contribution in [3.8, 4) is 41.2 Å². The second-order valence-electron chi connectivity index (χ2n) is 12.9. The van der Waals surface area contributed by atoms with Crippen LogP contribution in [-0.2, 0) is 14.2 Å². The van der Waals surface area contributed by atoms with Crippen LogP contribution in [0.15, 0.2) is 78.9 Å². The fraction of sp³-hybridized carbons (Fsp3) is 0.302. The van der Waals surface area contributed by atoms with Crippen LogP contribution in [0.4, 0.5) is 21.7 Å². The number of para-hydroxylation sites is 1. The highest BCUT2D eigenvalue weighted by molar-refractivity contribution is 6.31.